The highest BCUT2D eigenvalue weighted by Crippen LogP contribution is 2.39. The van der Waals surface area contributed by atoms with Crippen molar-refractivity contribution in [3.8, 4) is 0 Å². The molecule has 1 saturated carbocycles. The standard InChI is InChI=1S/C13H21N5OS/c1-3-9-5-4-6-10(7-9)11-15-16-12(20-11)18-8-14-17(2)13(18)19/h9-10,14H,3-8H2,1-2H3. The SMILES string of the molecule is CCC1CCCC(c2nnc(N3CNN(C)C3=O)s2)C1. The van der Waals surface area contributed by atoms with Crippen LogP contribution in [0.1, 0.15) is 50.0 Å². The van der Waals surface area contributed by atoms with Gasteiger partial charge >= 0.3 is 6.03 Å². The molecule has 2 amide bonds. The van der Waals surface area contributed by atoms with Gasteiger partial charge in [0.2, 0.25) is 5.13 Å². The van der Waals surface area contributed by atoms with E-state index in [4.69, 9.17) is 0 Å². The predicted molar refractivity (Wildman–Crippen MR) is 78.5 cm³/mol. The zero-order valence-electron chi connectivity index (χ0n) is 12.0. The fraction of sp³-hybridized carbons (Fsp3) is 0.769. The first-order valence-corrected chi connectivity index (χ1v) is 8.12. The third-order valence-electron chi connectivity index (χ3n) is 4.35. The number of amides is 2. The van der Waals surface area contributed by atoms with Crippen LogP contribution < -0.4 is 10.3 Å². The zero-order valence-corrected chi connectivity index (χ0v) is 12.8. The van der Waals surface area contributed by atoms with Crippen LogP contribution in [0.25, 0.3) is 0 Å². The predicted octanol–water partition coefficient (Wildman–Crippen LogP) is 2.56. The first kappa shape index (κ1) is 13.8. The maximum absolute atomic E-state index is 11.9. The van der Waals surface area contributed by atoms with Crippen LogP contribution in [-0.2, 0) is 0 Å². The molecular weight excluding hydrogens is 274 g/mol. The Morgan fingerprint density at radius 3 is 2.95 bits per heavy atom. The lowest BCUT2D eigenvalue weighted by Crippen LogP contribution is -2.31. The quantitative estimate of drug-likeness (QED) is 0.931. The lowest BCUT2D eigenvalue weighted by molar-refractivity contribution is 0.217. The second-order valence-corrected chi connectivity index (χ2v) is 6.63. The molecule has 1 saturated heterocycles. The van der Waals surface area contributed by atoms with Gasteiger partial charge in [-0.1, -0.05) is 37.5 Å². The Morgan fingerprint density at radius 1 is 1.40 bits per heavy atom. The Balaban J connectivity index is 1.72. The molecule has 1 aliphatic carbocycles. The molecule has 1 aliphatic heterocycles. The summed E-state index contributed by atoms with van der Waals surface area (Å²) in [7, 11) is 1.72. The summed E-state index contributed by atoms with van der Waals surface area (Å²) in [6.07, 6.45) is 6.30. The number of anilines is 1. The van der Waals surface area contributed by atoms with Crippen LogP contribution in [0.15, 0.2) is 0 Å². The number of nitrogens with one attached hydrogen (secondary N) is 1. The third-order valence-corrected chi connectivity index (χ3v) is 5.46. The molecule has 110 valence electrons. The van der Waals surface area contributed by atoms with E-state index in [-0.39, 0.29) is 6.03 Å². The van der Waals surface area contributed by atoms with Gasteiger partial charge in [0.05, 0.1) is 6.67 Å². The molecule has 7 heteroatoms. The molecule has 0 aromatic carbocycles. The van der Waals surface area contributed by atoms with Crippen LogP contribution in [0.4, 0.5) is 9.93 Å². The highest BCUT2D eigenvalue weighted by molar-refractivity contribution is 7.15. The molecule has 2 atom stereocenters. The van der Waals surface area contributed by atoms with Gasteiger partial charge in [-0.3, -0.25) is 9.91 Å². The molecule has 3 rings (SSSR count). The molecule has 1 aromatic heterocycles. The second-order valence-electron chi connectivity index (χ2n) is 5.65. The van der Waals surface area contributed by atoms with Gasteiger partial charge in [-0.25, -0.2) is 10.2 Å². The molecule has 20 heavy (non-hydrogen) atoms. The summed E-state index contributed by atoms with van der Waals surface area (Å²) in [4.78, 5) is 13.6. The maximum atomic E-state index is 11.9. The van der Waals surface area contributed by atoms with E-state index >= 15 is 0 Å². The van der Waals surface area contributed by atoms with Crippen LogP contribution in [0.5, 0.6) is 0 Å². The number of carbonyl (C=O) groups is 1. The molecule has 0 bridgehead atoms. The smallest absolute Gasteiger partial charge is 0.261 e. The molecule has 1 aromatic rings. The second kappa shape index (κ2) is 5.65. The van der Waals surface area contributed by atoms with Crippen molar-refractivity contribution >= 4 is 22.5 Å². The minimum absolute atomic E-state index is 0.0669. The topological polar surface area (TPSA) is 61.4 Å². The lowest BCUT2D eigenvalue weighted by Gasteiger charge is -2.26. The summed E-state index contributed by atoms with van der Waals surface area (Å²) in [5.41, 5.74) is 2.97. The van der Waals surface area contributed by atoms with Crippen LogP contribution in [0.3, 0.4) is 0 Å². The van der Waals surface area contributed by atoms with E-state index in [1.54, 1.807) is 23.3 Å². The van der Waals surface area contributed by atoms with Crippen LogP contribution >= 0.6 is 11.3 Å². The van der Waals surface area contributed by atoms with Crippen molar-refractivity contribution in [2.24, 2.45) is 5.92 Å². The number of aromatic nitrogens is 2. The fourth-order valence-electron chi connectivity index (χ4n) is 3.03. The van der Waals surface area contributed by atoms with Crippen molar-refractivity contribution in [3.63, 3.8) is 0 Å². The van der Waals surface area contributed by atoms with E-state index in [2.05, 4.69) is 22.5 Å². The number of hydrazine groups is 1. The number of urea groups is 1. The minimum atomic E-state index is -0.0669. The van der Waals surface area contributed by atoms with Gasteiger partial charge in [0, 0.05) is 13.0 Å². The van der Waals surface area contributed by atoms with E-state index in [1.165, 1.54) is 37.1 Å². The van der Waals surface area contributed by atoms with E-state index < -0.39 is 0 Å². The van der Waals surface area contributed by atoms with Crippen molar-refractivity contribution in [1.82, 2.24) is 20.6 Å². The Kier molecular flexibility index (Phi) is 3.89. The highest BCUT2D eigenvalue weighted by atomic mass is 32.1. The van der Waals surface area contributed by atoms with Crippen LogP contribution in [0, 0.1) is 5.92 Å². The van der Waals surface area contributed by atoms with Crippen molar-refractivity contribution < 1.29 is 4.79 Å². The molecule has 2 aliphatic rings. The molecule has 2 unspecified atom stereocenters. The van der Waals surface area contributed by atoms with Gasteiger partial charge in [-0.05, 0) is 18.8 Å². The van der Waals surface area contributed by atoms with Crippen LogP contribution in [-0.4, -0.2) is 35.0 Å². The molecule has 2 fully saturated rings. The lowest BCUT2D eigenvalue weighted by atomic mass is 9.80. The zero-order chi connectivity index (χ0) is 14.1. The van der Waals surface area contributed by atoms with Crippen molar-refractivity contribution in [3.05, 3.63) is 5.01 Å². The van der Waals surface area contributed by atoms with Gasteiger partial charge in [-0.15, -0.1) is 10.2 Å². The minimum Gasteiger partial charge on any atom is -0.261 e. The maximum Gasteiger partial charge on any atom is 0.341 e. The van der Waals surface area contributed by atoms with Gasteiger partial charge in [0.25, 0.3) is 0 Å². The first-order chi connectivity index (χ1) is 9.69. The summed E-state index contributed by atoms with van der Waals surface area (Å²) in [6.45, 7) is 2.75. The van der Waals surface area contributed by atoms with Crippen LogP contribution in [0.2, 0.25) is 0 Å². The van der Waals surface area contributed by atoms with E-state index in [1.807, 2.05) is 0 Å². The molecule has 1 N–H and O–H groups in total. The Labute approximate surface area is 123 Å². The molecule has 6 nitrogen and oxygen atoms in total. The molecule has 0 spiro atoms. The Morgan fingerprint density at radius 2 is 2.25 bits per heavy atom. The Hall–Kier alpha value is -1.21. The average Bonchev–Trinajstić information content (AvgIpc) is 3.07. The number of carbonyl (C=O) groups excluding carboxylic acids is 1. The van der Waals surface area contributed by atoms with Gasteiger partial charge in [-0.2, -0.15) is 0 Å². The number of hydrogen-bond acceptors (Lipinski definition) is 5. The summed E-state index contributed by atoms with van der Waals surface area (Å²) in [6, 6.07) is -0.0669. The third kappa shape index (κ3) is 2.52. The molecule has 2 heterocycles. The number of nitrogens with zero attached hydrogens (tertiary/aromatic N) is 4. The average molecular weight is 295 g/mol. The summed E-state index contributed by atoms with van der Waals surface area (Å²) < 4.78 is 0. The van der Waals surface area contributed by atoms with E-state index in [0.29, 0.717) is 17.7 Å². The van der Waals surface area contributed by atoms with Crippen molar-refractivity contribution in [2.45, 2.75) is 44.9 Å². The normalized spacial score (nSPS) is 27.4. The van der Waals surface area contributed by atoms with Gasteiger partial charge < -0.3 is 0 Å². The number of rotatable bonds is 3. The van der Waals surface area contributed by atoms with Crippen molar-refractivity contribution in [1.29, 1.82) is 0 Å². The summed E-state index contributed by atoms with van der Waals surface area (Å²) >= 11 is 1.57. The largest absolute Gasteiger partial charge is 0.341 e. The highest BCUT2D eigenvalue weighted by Gasteiger charge is 2.31. The fourth-order valence-corrected chi connectivity index (χ4v) is 4.01. The van der Waals surface area contributed by atoms with Crippen molar-refractivity contribution in [2.75, 3.05) is 18.6 Å². The van der Waals surface area contributed by atoms with Gasteiger partial charge in [0.15, 0.2) is 0 Å². The summed E-state index contributed by atoms with van der Waals surface area (Å²) in [5, 5.41) is 11.8. The van der Waals surface area contributed by atoms with Gasteiger partial charge in [0.1, 0.15) is 5.01 Å². The number of hydrogen-bond donors (Lipinski definition) is 1. The first-order valence-electron chi connectivity index (χ1n) is 7.31. The molecular formula is C13H21N5OS. The van der Waals surface area contributed by atoms with E-state index in [0.717, 1.165) is 10.9 Å². The van der Waals surface area contributed by atoms with E-state index in [9.17, 15) is 4.79 Å². The summed E-state index contributed by atoms with van der Waals surface area (Å²) in [5.74, 6) is 1.35. The Bertz CT molecular complexity index is 491. The monoisotopic (exact) mass is 295 g/mol. The molecule has 0 radical (unpaired) electrons.